The van der Waals surface area contributed by atoms with Crippen LogP contribution in [0, 0.1) is 20.9 Å². The summed E-state index contributed by atoms with van der Waals surface area (Å²) in [4.78, 5) is 14.9. The van der Waals surface area contributed by atoms with E-state index in [2.05, 4.69) is 44.2 Å². The number of anilines is 1. The number of nitrogens with zero attached hydrogens (tertiary/aromatic N) is 3. The van der Waals surface area contributed by atoms with Crippen molar-refractivity contribution in [2.45, 2.75) is 39.5 Å². The summed E-state index contributed by atoms with van der Waals surface area (Å²) in [6.45, 7) is 5.45. The van der Waals surface area contributed by atoms with E-state index in [1.165, 1.54) is 11.1 Å². The summed E-state index contributed by atoms with van der Waals surface area (Å²) in [5.41, 5.74) is 6.80. The third kappa shape index (κ3) is 5.21. The summed E-state index contributed by atoms with van der Waals surface area (Å²) in [5, 5.41) is 4.19. The second-order valence-corrected chi connectivity index (χ2v) is 7.87. The summed E-state index contributed by atoms with van der Waals surface area (Å²) in [6.07, 6.45) is 6.85. The summed E-state index contributed by atoms with van der Waals surface area (Å²) in [6, 6.07) is 12.2. The number of aryl methyl sites for hydroxylation is 1. The van der Waals surface area contributed by atoms with Crippen LogP contribution in [0.4, 0.5) is 5.69 Å². The van der Waals surface area contributed by atoms with Gasteiger partial charge in [-0.05, 0) is 67.5 Å². The largest absolute Gasteiger partial charge is 0.493 e. The minimum absolute atomic E-state index is 0. The third-order valence-electron chi connectivity index (χ3n) is 5.84. The van der Waals surface area contributed by atoms with Gasteiger partial charge < -0.3 is 14.3 Å². The molecular weight excluding hydrogens is 463 g/mol. The number of rotatable bonds is 6. The standard InChI is InChI=1S/C25H28N3O2.Y/c1-18-8-4-12-24(19(18)2)30-15-7-13-25(29)28-14-6-10-22-21(9-5-11-23(22)28)20-16-26-27(3)17-20;/h4-5,8-9,11-12,16-17H,3,6-7,10,13-15H2,1-2H3;/q-1;. The van der Waals surface area contributed by atoms with Gasteiger partial charge in [0, 0.05) is 57.6 Å². The number of hydrogen-bond acceptors (Lipinski definition) is 3. The number of carbonyl (C=O) groups is 1. The Bertz CT molecular complexity index is 1060. The van der Waals surface area contributed by atoms with Crippen LogP contribution in [0.3, 0.4) is 0 Å². The van der Waals surface area contributed by atoms with Crippen LogP contribution in [0.1, 0.15) is 36.0 Å². The molecule has 0 unspecified atom stereocenters. The van der Waals surface area contributed by atoms with Crippen molar-refractivity contribution >= 4 is 11.6 Å². The number of hydrogen-bond donors (Lipinski definition) is 0. The molecule has 2 aromatic carbocycles. The van der Waals surface area contributed by atoms with Crippen LogP contribution in [0.25, 0.3) is 11.1 Å². The molecule has 0 aliphatic carbocycles. The van der Waals surface area contributed by atoms with Crippen molar-refractivity contribution in [3.8, 4) is 16.9 Å². The second-order valence-electron chi connectivity index (χ2n) is 7.87. The van der Waals surface area contributed by atoms with Crippen LogP contribution in [0.5, 0.6) is 5.75 Å². The first-order valence-corrected chi connectivity index (χ1v) is 10.5. The predicted octanol–water partition coefficient (Wildman–Crippen LogP) is 4.94. The van der Waals surface area contributed by atoms with Crippen molar-refractivity contribution in [2.75, 3.05) is 18.1 Å². The van der Waals surface area contributed by atoms with E-state index in [0.29, 0.717) is 19.4 Å². The molecule has 2 heterocycles. The Balaban J connectivity index is 0.00000272. The molecule has 3 aromatic rings. The quantitative estimate of drug-likeness (QED) is 0.363. The molecule has 4 rings (SSSR count). The number of aromatic nitrogens is 2. The zero-order chi connectivity index (χ0) is 21.1. The van der Waals surface area contributed by atoms with Crippen molar-refractivity contribution in [3.63, 3.8) is 0 Å². The van der Waals surface area contributed by atoms with Gasteiger partial charge >= 0.3 is 0 Å². The molecule has 0 spiro atoms. The topological polar surface area (TPSA) is 47.4 Å². The Morgan fingerprint density at radius 2 is 2.00 bits per heavy atom. The van der Waals surface area contributed by atoms with E-state index in [4.69, 9.17) is 4.74 Å². The molecule has 0 atom stereocenters. The molecular formula is C25H28N3O2Y-. The van der Waals surface area contributed by atoms with E-state index in [9.17, 15) is 4.79 Å². The molecule has 5 nitrogen and oxygen atoms in total. The minimum atomic E-state index is 0. The van der Waals surface area contributed by atoms with E-state index in [1.807, 2.05) is 35.5 Å². The third-order valence-corrected chi connectivity index (χ3v) is 5.84. The smallest absolute Gasteiger partial charge is 0.227 e. The van der Waals surface area contributed by atoms with Crippen molar-refractivity contribution in [2.24, 2.45) is 0 Å². The van der Waals surface area contributed by atoms with Gasteiger partial charge in [-0.3, -0.25) is 4.79 Å². The van der Waals surface area contributed by atoms with E-state index in [1.54, 1.807) is 4.68 Å². The molecule has 6 heteroatoms. The summed E-state index contributed by atoms with van der Waals surface area (Å²) >= 11 is 0. The molecule has 0 N–H and O–H groups in total. The van der Waals surface area contributed by atoms with Crippen LogP contribution in [-0.4, -0.2) is 28.8 Å². The van der Waals surface area contributed by atoms with E-state index < -0.39 is 0 Å². The Kier molecular flexibility index (Phi) is 7.96. The zero-order valence-corrected chi connectivity index (χ0v) is 21.1. The fraction of sp³-hybridized carbons (Fsp3) is 0.320. The fourth-order valence-electron chi connectivity index (χ4n) is 4.08. The van der Waals surface area contributed by atoms with Crippen LogP contribution in [0.2, 0.25) is 0 Å². The zero-order valence-electron chi connectivity index (χ0n) is 18.3. The molecule has 1 aliphatic heterocycles. The molecule has 1 radical (unpaired) electrons. The van der Waals surface area contributed by atoms with Gasteiger partial charge in [-0.1, -0.05) is 29.8 Å². The van der Waals surface area contributed by atoms with Gasteiger partial charge in [0.05, 0.1) is 6.61 Å². The first-order valence-electron chi connectivity index (χ1n) is 10.5. The summed E-state index contributed by atoms with van der Waals surface area (Å²) in [5.74, 6) is 1.06. The van der Waals surface area contributed by atoms with E-state index in [-0.39, 0.29) is 38.6 Å². The molecule has 1 aliphatic rings. The van der Waals surface area contributed by atoms with Gasteiger partial charge in [-0.2, -0.15) is 7.05 Å². The molecule has 0 fully saturated rings. The Labute approximate surface area is 209 Å². The fourth-order valence-corrected chi connectivity index (χ4v) is 4.08. The number of carbonyl (C=O) groups excluding carboxylic acids is 1. The average molecular weight is 491 g/mol. The minimum Gasteiger partial charge on any atom is -0.493 e. The number of benzene rings is 2. The van der Waals surface area contributed by atoms with Gasteiger partial charge in [0.25, 0.3) is 0 Å². The van der Waals surface area contributed by atoms with Crippen LogP contribution in [-0.2, 0) is 43.9 Å². The average Bonchev–Trinajstić information content (AvgIpc) is 3.19. The van der Waals surface area contributed by atoms with Gasteiger partial charge in [-0.25, -0.2) is 5.10 Å². The maximum atomic E-state index is 13.0. The van der Waals surface area contributed by atoms with Gasteiger partial charge in [0.1, 0.15) is 5.75 Å². The molecule has 0 bridgehead atoms. The van der Waals surface area contributed by atoms with Gasteiger partial charge in [-0.15, -0.1) is 6.20 Å². The Morgan fingerprint density at radius 3 is 2.77 bits per heavy atom. The van der Waals surface area contributed by atoms with Gasteiger partial charge in [0.2, 0.25) is 5.91 Å². The molecule has 159 valence electrons. The molecule has 0 saturated carbocycles. The van der Waals surface area contributed by atoms with Crippen molar-refractivity contribution < 1.29 is 42.2 Å². The monoisotopic (exact) mass is 491 g/mol. The SMILES string of the molecule is [CH2-]n1cc(-c2cccc3c2CCCN3C(=O)CCCOc2cccc(C)c2C)cn1.[Y]. The molecule has 1 aromatic heterocycles. The predicted molar refractivity (Wildman–Crippen MR) is 120 cm³/mol. The first-order chi connectivity index (χ1) is 14.5. The van der Waals surface area contributed by atoms with Gasteiger partial charge in [0.15, 0.2) is 0 Å². The van der Waals surface area contributed by atoms with Crippen LogP contribution in [0.15, 0.2) is 48.8 Å². The first kappa shape index (κ1) is 23.6. The second kappa shape index (κ2) is 10.5. The van der Waals surface area contributed by atoms with Crippen molar-refractivity contribution in [1.29, 1.82) is 0 Å². The number of amides is 1. The van der Waals surface area contributed by atoms with Crippen molar-refractivity contribution in [1.82, 2.24) is 9.78 Å². The normalized spacial score (nSPS) is 12.8. The van der Waals surface area contributed by atoms with Crippen LogP contribution >= 0.6 is 0 Å². The maximum absolute atomic E-state index is 13.0. The number of fused-ring (bicyclic) bond motifs is 1. The summed E-state index contributed by atoms with van der Waals surface area (Å²) < 4.78 is 7.48. The Morgan fingerprint density at radius 1 is 1.19 bits per heavy atom. The van der Waals surface area contributed by atoms with E-state index >= 15 is 0 Å². The maximum Gasteiger partial charge on any atom is 0.227 e. The Hall–Kier alpha value is -2.11. The summed E-state index contributed by atoms with van der Waals surface area (Å²) in [7, 11) is 3.82. The van der Waals surface area contributed by atoms with Crippen molar-refractivity contribution in [3.05, 3.63) is 72.5 Å². The van der Waals surface area contributed by atoms with E-state index in [0.717, 1.165) is 47.5 Å². The van der Waals surface area contributed by atoms with Crippen LogP contribution < -0.4 is 9.64 Å². The number of ether oxygens (including phenoxy) is 1. The molecule has 31 heavy (non-hydrogen) atoms. The molecule has 0 saturated heterocycles. The molecule has 1 amide bonds.